The molecule has 0 aliphatic heterocycles. The molecule has 0 aromatic heterocycles. The van der Waals surface area contributed by atoms with Crippen molar-refractivity contribution in [2.75, 3.05) is 0 Å². The summed E-state index contributed by atoms with van der Waals surface area (Å²) in [6, 6.07) is 7.50. The van der Waals surface area contributed by atoms with Gasteiger partial charge in [0.25, 0.3) is 0 Å². The van der Waals surface area contributed by atoms with Crippen LogP contribution in [0.15, 0.2) is 24.3 Å². The number of hydrogen-bond acceptors (Lipinski definition) is 0. The first kappa shape index (κ1) is 7.06. The van der Waals surface area contributed by atoms with Gasteiger partial charge >= 0.3 is 0 Å². The van der Waals surface area contributed by atoms with E-state index >= 15 is 0 Å². The van der Waals surface area contributed by atoms with Gasteiger partial charge in [0.15, 0.2) is 0 Å². The number of alkyl halides is 1. The van der Waals surface area contributed by atoms with E-state index in [0.29, 0.717) is 6.42 Å². The Labute approximate surface area is 87.0 Å². The van der Waals surface area contributed by atoms with Crippen LogP contribution in [0.1, 0.15) is 32.6 Å². The Balaban J connectivity index is 2.27. The topological polar surface area (TPSA) is 0 Å². The van der Waals surface area contributed by atoms with Crippen molar-refractivity contribution >= 4 is 0 Å². The fraction of sp³-hybridized carbons (Fsp3) is 0.385. The second-order valence-corrected chi connectivity index (χ2v) is 3.55. The lowest BCUT2D eigenvalue weighted by atomic mass is 9.95. The van der Waals surface area contributed by atoms with Crippen molar-refractivity contribution in [3.8, 4) is 12.3 Å². The molecule has 1 aromatic carbocycles. The molecule has 0 N–H and O–H groups in total. The van der Waals surface area contributed by atoms with Crippen LogP contribution in [0.25, 0.3) is 0 Å². The number of hydrogen-bond donors (Lipinski definition) is 0. The fourth-order valence-electron chi connectivity index (χ4n) is 2.04. The zero-order chi connectivity index (χ0) is 11.8. The summed E-state index contributed by atoms with van der Waals surface area (Å²) < 4.78 is 28.9. The van der Waals surface area contributed by atoms with E-state index in [-0.39, 0.29) is 6.42 Å². The molecule has 2 rings (SSSR count). The first-order valence-corrected chi connectivity index (χ1v) is 4.73. The number of halogens is 1. The predicted molar refractivity (Wildman–Crippen MR) is 55.9 cm³/mol. The quantitative estimate of drug-likeness (QED) is 0.627. The fourth-order valence-corrected chi connectivity index (χ4v) is 2.04. The Hall–Kier alpha value is -1.29. The van der Waals surface area contributed by atoms with Crippen molar-refractivity contribution in [3.05, 3.63) is 35.4 Å². The third-order valence-electron chi connectivity index (χ3n) is 2.73. The summed E-state index contributed by atoms with van der Waals surface area (Å²) in [7, 11) is 0. The highest BCUT2D eigenvalue weighted by atomic mass is 18.2. The summed E-state index contributed by atoms with van der Waals surface area (Å²) in [6.45, 7) is 0. The minimum absolute atomic E-state index is 0.0572. The molecule has 0 spiro atoms. The zero-order valence-electron chi connectivity index (χ0n) is 9.83. The Morgan fingerprint density at radius 3 is 3.14 bits per heavy atom. The molecule has 14 heavy (non-hydrogen) atoms. The van der Waals surface area contributed by atoms with Gasteiger partial charge in [0, 0.05) is 21.5 Å². The van der Waals surface area contributed by atoms with E-state index in [4.69, 9.17) is 9.16 Å². The number of terminal acetylenes is 1. The van der Waals surface area contributed by atoms with E-state index in [0.717, 1.165) is 11.1 Å². The van der Waals surface area contributed by atoms with Crippen molar-refractivity contribution in [3.63, 3.8) is 0 Å². The molecule has 0 saturated heterocycles. The van der Waals surface area contributed by atoms with Crippen LogP contribution in [-0.2, 0) is 6.42 Å². The first-order valence-electron chi connectivity index (χ1n) is 5.73. The predicted octanol–water partition coefficient (Wildman–Crippen LogP) is 3.08. The van der Waals surface area contributed by atoms with Crippen molar-refractivity contribution in [2.45, 2.75) is 31.3 Å². The van der Waals surface area contributed by atoms with E-state index in [1.807, 2.05) is 24.3 Å². The standard InChI is InChI=1S/C13H13F/c1-2-3-7-12-11-8-5-4-6-10(11)9-13(12)14/h1,4-6,8,12-13H,3,7,9H2/t12-,13-/m0/s1/i3D2,14-1. The highest BCUT2D eigenvalue weighted by Crippen LogP contribution is 2.37. The van der Waals surface area contributed by atoms with Gasteiger partial charge in [0.2, 0.25) is 0 Å². The van der Waals surface area contributed by atoms with Gasteiger partial charge in [-0.05, 0) is 17.5 Å². The lowest BCUT2D eigenvalue weighted by molar-refractivity contribution is 0.292. The van der Waals surface area contributed by atoms with Gasteiger partial charge in [0.05, 0.1) is 0 Å². The maximum absolute atomic E-state index is 13.8. The van der Waals surface area contributed by atoms with Crippen LogP contribution in [0.5, 0.6) is 0 Å². The van der Waals surface area contributed by atoms with Gasteiger partial charge in [0.1, 0.15) is 6.17 Å². The van der Waals surface area contributed by atoms with Gasteiger partial charge in [-0.15, -0.1) is 12.3 Å². The van der Waals surface area contributed by atoms with Gasteiger partial charge < -0.3 is 0 Å². The molecular formula is C13H13F. The molecule has 1 heteroatoms. The lowest BCUT2D eigenvalue weighted by Gasteiger charge is -2.11. The summed E-state index contributed by atoms with van der Waals surface area (Å²) in [5.74, 6) is 1.69. The Kier molecular flexibility index (Phi) is 1.94. The molecule has 1 aliphatic rings. The van der Waals surface area contributed by atoms with Crippen LogP contribution >= 0.6 is 0 Å². The largest absolute Gasteiger partial charge is 0.246 e. The average molecular weight is 189 g/mol. The Morgan fingerprint density at radius 1 is 1.57 bits per heavy atom. The summed E-state index contributed by atoms with van der Waals surface area (Å²) in [4.78, 5) is 0. The number of fused-ring (bicyclic) bond motifs is 1. The molecule has 1 aliphatic carbocycles. The van der Waals surface area contributed by atoms with E-state index < -0.39 is 18.5 Å². The third kappa shape index (κ3) is 1.53. The monoisotopic (exact) mass is 189 g/mol. The summed E-state index contributed by atoms with van der Waals surface area (Å²) in [5.41, 5.74) is 1.89. The van der Waals surface area contributed by atoms with Gasteiger partial charge in [-0.2, -0.15) is 0 Å². The van der Waals surface area contributed by atoms with Crippen LogP contribution in [-0.4, -0.2) is 6.17 Å². The molecule has 0 heterocycles. The summed E-state index contributed by atoms with van der Waals surface area (Å²) in [6.07, 6.45) is 2.79. The normalized spacial score (nSPS) is 27.4. The maximum Gasteiger partial charge on any atom is 0.111 e. The van der Waals surface area contributed by atoms with E-state index in [1.165, 1.54) is 0 Å². The highest BCUT2D eigenvalue weighted by molar-refractivity contribution is 5.36. The lowest BCUT2D eigenvalue weighted by Crippen LogP contribution is -2.07. The molecule has 0 nitrogen and oxygen atoms in total. The molecule has 0 bridgehead atoms. The van der Waals surface area contributed by atoms with Crippen molar-refractivity contribution in [1.29, 1.82) is 0 Å². The summed E-state index contributed by atoms with van der Waals surface area (Å²) in [5, 5.41) is 0. The van der Waals surface area contributed by atoms with Crippen LogP contribution in [0.3, 0.4) is 0 Å². The van der Waals surface area contributed by atoms with E-state index in [9.17, 15) is 4.39 Å². The van der Waals surface area contributed by atoms with Crippen LogP contribution in [0.4, 0.5) is 4.39 Å². The minimum Gasteiger partial charge on any atom is -0.246 e. The zero-order valence-corrected chi connectivity index (χ0v) is 7.83. The van der Waals surface area contributed by atoms with E-state index in [1.54, 1.807) is 0 Å². The van der Waals surface area contributed by atoms with Crippen LogP contribution < -0.4 is 0 Å². The van der Waals surface area contributed by atoms with Crippen molar-refractivity contribution < 1.29 is 7.13 Å². The Bertz CT molecular complexity index is 434. The van der Waals surface area contributed by atoms with Crippen molar-refractivity contribution in [2.24, 2.45) is 0 Å². The molecule has 0 fully saturated rings. The second kappa shape index (κ2) is 3.84. The van der Waals surface area contributed by atoms with E-state index in [2.05, 4.69) is 5.92 Å². The molecule has 72 valence electrons. The molecule has 0 saturated carbocycles. The van der Waals surface area contributed by atoms with Gasteiger partial charge in [-0.25, -0.2) is 4.39 Å². The van der Waals surface area contributed by atoms with Crippen molar-refractivity contribution in [1.82, 2.24) is 0 Å². The second-order valence-electron chi connectivity index (χ2n) is 3.55. The average Bonchev–Trinajstić information content (AvgIpc) is 2.56. The number of benzene rings is 1. The molecule has 2 atom stereocenters. The van der Waals surface area contributed by atoms with Crippen LogP contribution in [0.2, 0.25) is 0 Å². The van der Waals surface area contributed by atoms with Gasteiger partial charge in [-0.1, -0.05) is 24.3 Å². The highest BCUT2D eigenvalue weighted by Gasteiger charge is 2.31. The van der Waals surface area contributed by atoms with Crippen LogP contribution in [0, 0.1) is 12.3 Å². The van der Waals surface area contributed by atoms with Gasteiger partial charge in [-0.3, -0.25) is 0 Å². The molecule has 0 unspecified atom stereocenters. The molecular weight excluding hydrogens is 174 g/mol. The Morgan fingerprint density at radius 2 is 2.36 bits per heavy atom. The molecule has 1 aromatic rings. The smallest absolute Gasteiger partial charge is 0.111 e. The number of rotatable bonds is 2. The molecule has 0 amide bonds. The SMILES string of the molecule is [2H]C([2H])(C#C)C[C@H]1c2ccccc2C[C@@H]1[18F]. The first-order chi connectivity index (χ1) is 7.53. The third-order valence-corrected chi connectivity index (χ3v) is 2.73. The minimum atomic E-state index is -1.73. The maximum atomic E-state index is 13.8. The molecule has 0 radical (unpaired) electrons. The summed E-state index contributed by atoms with van der Waals surface area (Å²) >= 11 is 0.